The summed E-state index contributed by atoms with van der Waals surface area (Å²) in [4.78, 5) is 32.6. The number of hydrogen-bond acceptors (Lipinski definition) is 4. The van der Waals surface area contributed by atoms with Gasteiger partial charge in [-0.15, -0.1) is 11.3 Å². The van der Waals surface area contributed by atoms with E-state index in [0.717, 1.165) is 22.4 Å². The number of pyridine rings is 1. The molecule has 0 unspecified atom stereocenters. The van der Waals surface area contributed by atoms with E-state index < -0.39 is 5.41 Å². The second-order valence-electron chi connectivity index (χ2n) is 7.50. The molecule has 1 aliphatic rings. The number of nitrogens with zero attached hydrogens (tertiary/aromatic N) is 2. The Labute approximate surface area is 174 Å². The van der Waals surface area contributed by atoms with Crippen LogP contribution in [0, 0.1) is 5.41 Å². The van der Waals surface area contributed by atoms with E-state index in [2.05, 4.69) is 23.2 Å². The number of aromatic nitrogens is 1. The van der Waals surface area contributed by atoms with Gasteiger partial charge < -0.3 is 10.6 Å². The van der Waals surface area contributed by atoms with Crippen LogP contribution in [0.5, 0.6) is 0 Å². The molecule has 1 aromatic carbocycles. The van der Waals surface area contributed by atoms with Crippen molar-refractivity contribution in [1.82, 2.24) is 9.88 Å². The molecule has 0 spiro atoms. The second kappa shape index (κ2) is 8.17. The molecule has 0 saturated carbocycles. The molecule has 3 aromatic rings. The van der Waals surface area contributed by atoms with Gasteiger partial charge in [-0.05, 0) is 54.0 Å². The number of primary amides is 1. The van der Waals surface area contributed by atoms with Gasteiger partial charge in [-0.3, -0.25) is 14.6 Å². The highest BCUT2D eigenvalue weighted by Gasteiger charge is 2.43. The van der Waals surface area contributed by atoms with Crippen molar-refractivity contribution in [3.8, 4) is 10.4 Å². The second-order valence-corrected chi connectivity index (χ2v) is 8.45. The fourth-order valence-corrected chi connectivity index (χ4v) is 4.89. The molecule has 1 saturated heterocycles. The summed E-state index contributed by atoms with van der Waals surface area (Å²) in [7, 11) is 0. The predicted molar refractivity (Wildman–Crippen MR) is 114 cm³/mol. The Bertz CT molecular complexity index is 1000. The van der Waals surface area contributed by atoms with Crippen LogP contribution in [-0.2, 0) is 11.2 Å². The van der Waals surface area contributed by atoms with Crippen LogP contribution in [0.15, 0.2) is 66.2 Å². The van der Waals surface area contributed by atoms with E-state index in [1.807, 2.05) is 23.6 Å². The third-order valence-electron chi connectivity index (χ3n) is 5.60. The van der Waals surface area contributed by atoms with Crippen molar-refractivity contribution in [1.29, 1.82) is 0 Å². The SMILES string of the molecule is NC(=O)[C@@]1(Cc2ccccc2-c2cccs2)CCCN(C(=O)c2ccccn2)C1. The molecule has 5 nitrogen and oxygen atoms in total. The van der Waals surface area contributed by atoms with Gasteiger partial charge in [-0.25, -0.2) is 0 Å². The fraction of sp³-hybridized carbons (Fsp3) is 0.261. The smallest absolute Gasteiger partial charge is 0.272 e. The molecule has 148 valence electrons. The van der Waals surface area contributed by atoms with Crippen LogP contribution < -0.4 is 5.73 Å². The van der Waals surface area contributed by atoms with Gasteiger partial charge in [-0.2, -0.15) is 0 Å². The van der Waals surface area contributed by atoms with Crippen LogP contribution in [0.3, 0.4) is 0 Å². The van der Waals surface area contributed by atoms with Crippen molar-refractivity contribution in [2.75, 3.05) is 13.1 Å². The summed E-state index contributed by atoms with van der Waals surface area (Å²) < 4.78 is 0. The highest BCUT2D eigenvalue weighted by atomic mass is 32.1. The van der Waals surface area contributed by atoms with Crippen LogP contribution in [0.4, 0.5) is 0 Å². The Hall–Kier alpha value is -2.99. The molecular weight excluding hydrogens is 382 g/mol. The van der Waals surface area contributed by atoms with Crippen molar-refractivity contribution in [2.24, 2.45) is 11.1 Å². The monoisotopic (exact) mass is 405 g/mol. The van der Waals surface area contributed by atoms with E-state index >= 15 is 0 Å². The number of likely N-dealkylation sites (tertiary alicyclic amines) is 1. The summed E-state index contributed by atoms with van der Waals surface area (Å²) in [6.45, 7) is 0.924. The van der Waals surface area contributed by atoms with E-state index in [0.29, 0.717) is 31.6 Å². The molecule has 1 atom stereocenters. The number of amides is 2. The summed E-state index contributed by atoms with van der Waals surface area (Å²) in [6, 6.07) is 17.5. The predicted octanol–water partition coefficient (Wildman–Crippen LogP) is 3.76. The fourth-order valence-electron chi connectivity index (χ4n) is 4.10. The largest absolute Gasteiger partial charge is 0.369 e. The molecule has 4 rings (SSSR count). The number of carbonyl (C=O) groups is 2. The van der Waals surface area contributed by atoms with Crippen LogP contribution in [0.1, 0.15) is 28.9 Å². The van der Waals surface area contributed by atoms with Gasteiger partial charge in [0, 0.05) is 24.2 Å². The molecular formula is C23H23N3O2S. The molecule has 0 radical (unpaired) electrons. The van der Waals surface area contributed by atoms with Crippen molar-refractivity contribution in [3.63, 3.8) is 0 Å². The number of nitrogens with two attached hydrogens (primary N) is 1. The molecule has 6 heteroatoms. The Morgan fingerprint density at radius 3 is 2.66 bits per heavy atom. The van der Waals surface area contributed by atoms with E-state index in [9.17, 15) is 9.59 Å². The maximum absolute atomic E-state index is 12.9. The zero-order valence-corrected chi connectivity index (χ0v) is 16.9. The lowest BCUT2D eigenvalue weighted by atomic mass is 9.73. The molecule has 1 fully saturated rings. The van der Waals surface area contributed by atoms with Gasteiger partial charge in [0.25, 0.3) is 5.91 Å². The highest BCUT2D eigenvalue weighted by Crippen LogP contribution is 2.38. The number of rotatable bonds is 5. The minimum Gasteiger partial charge on any atom is -0.369 e. The molecule has 29 heavy (non-hydrogen) atoms. The Morgan fingerprint density at radius 1 is 1.10 bits per heavy atom. The van der Waals surface area contributed by atoms with E-state index in [-0.39, 0.29) is 11.8 Å². The number of thiophene rings is 1. The van der Waals surface area contributed by atoms with Crippen molar-refractivity contribution in [2.45, 2.75) is 19.3 Å². The Balaban J connectivity index is 1.64. The maximum atomic E-state index is 12.9. The molecule has 1 aliphatic heterocycles. The maximum Gasteiger partial charge on any atom is 0.272 e. The molecule has 3 heterocycles. The van der Waals surface area contributed by atoms with Crippen LogP contribution in [-0.4, -0.2) is 34.8 Å². The van der Waals surface area contributed by atoms with Gasteiger partial charge in [0.05, 0.1) is 5.41 Å². The molecule has 2 N–H and O–H groups in total. The van der Waals surface area contributed by atoms with E-state index in [4.69, 9.17) is 5.73 Å². The van der Waals surface area contributed by atoms with E-state index in [1.165, 1.54) is 0 Å². The highest BCUT2D eigenvalue weighted by molar-refractivity contribution is 7.13. The van der Waals surface area contributed by atoms with Crippen molar-refractivity contribution >= 4 is 23.2 Å². The third-order valence-corrected chi connectivity index (χ3v) is 6.51. The third kappa shape index (κ3) is 3.93. The first-order chi connectivity index (χ1) is 14.1. The Morgan fingerprint density at radius 2 is 1.93 bits per heavy atom. The Kier molecular flexibility index (Phi) is 5.45. The first-order valence-electron chi connectivity index (χ1n) is 9.71. The first-order valence-corrected chi connectivity index (χ1v) is 10.6. The van der Waals surface area contributed by atoms with E-state index in [1.54, 1.807) is 40.6 Å². The quantitative estimate of drug-likeness (QED) is 0.702. The molecule has 0 bridgehead atoms. The van der Waals surface area contributed by atoms with Gasteiger partial charge in [0.15, 0.2) is 0 Å². The summed E-state index contributed by atoms with van der Waals surface area (Å²) in [5, 5.41) is 2.05. The lowest BCUT2D eigenvalue weighted by Crippen LogP contribution is -2.53. The zero-order valence-electron chi connectivity index (χ0n) is 16.1. The summed E-state index contributed by atoms with van der Waals surface area (Å²) >= 11 is 1.67. The molecule has 2 amide bonds. The first kappa shape index (κ1) is 19.3. The normalized spacial score (nSPS) is 19.1. The van der Waals surface area contributed by atoms with Crippen LogP contribution in [0.2, 0.25) is 0 Å². The van der Waals surface area contributed by atoms with Crippen molar-refractivity contribution < 1.29 is 9.59 Å². The average Bonchev–Trinajstić information content (AvgIpc) is 3.29. The number of piperidine rings is 1. The summed E-state index contributed by atoms with van der Waals surface area (Å²) in [5.74, 6) is -0.500. The minimum atomic E-state index is -0.782. The number of benzene rings is 1. The molecule has 0 aliphatic carbocycles. The van der Waals surface area contributed by atoms with Gasteiger partial charge in [0.2, 0.25) is 5.91 Å². The van der Waals surface area contributed by atoms with Crippen LogP contribution >= 0.6 is 11.3 Å². The topological polar surface area (TPSA) is 76.3 Å². The van der Waals surface area contributed by atoms with Gasteiger partial charge in [-0.1, -0.05) is 36.4 Å². The van der Waals surface area contributed by atoms with Crippen molar-refractivity contribution in [3.05, 3.63) is 77.4 Å². The lowest BCUT2D eigenvalue weighted by Gasteiger charge is -2.41. The lowest BCUT2D eigenvalue weighted by molar-refractivity contribution is -0.130. The summed E-state index contributed by atoms with van der Waals surface area (Å²) in [5.41, 5.74) is 7.75. The van der Waals surface area contributed by atoms with Gasteiger partial charge >= 0.3 is 0 Å². The molecule has 2 aromatic heterocycles. The average molecular weight is 406 g/mol. The zero-order chi connectivity index (χ0) is 20.3. The standard InChI is InChI=1S/C23H23N3O2S/c24-22(28)23(15-17-7-1-2-8-18(17)20-10-5-14-29-20)11-6-13-26(16-23)21(27)19-9-3-4-12-25-19/h1-5,7-10,12,14H,6,11,13,15-16H2,(H2,24,28)/t23-/m1/s1. The number of carbonyl (C=O) groups excluding carboxylic acids is 2. The van der Waals surface area contributed by atoms with Crippen LogP contribution in [0.25, 0.3) is 10.4 Å². The summed E-state index contributed by atoms with van der Waals surface area (Å²) in [6.07, 6.45) is 3.54. The minimum absolute atomic E-state index is 0.150. The van der Waals surface area contributed by atoms with Gasteiger partial charge in [0.1, 0.15) is 5.69 Å². The number of hydrogen-bond donors (Lipinski definition) is 1.